The first kappa shape index (κ1) is 13.6. The van der Waals surface area contributed by atoms with Crippen molar-refractivity contribution < 1.29 is 0 Å². The zero-order valence-electron chi connectivity index (χ0n) is 11.7. The van der Waals surface area contributed by atoms with Gasteiger partial charge < -0.3 is 10.2 Å². The zero-order chi connectivity index (χ0) is 13.3. The van der Waals surface area contributed by atoms with Crippen LogP contribution in [0, 0.1) is 5.41 Å². The Morgan fingerprint density at radius 3 is 2.95 bits per heavy atom. The molecule has 1 aromatic rings. The Hall–Kier alpha value is -0.380. The maximum absolute atomic E-state index is 3.76. The predicted molar refractivity (Wildman–Crippen MR) is 83.5 cm³/mol. The summed E-state index contributed by atoms with van der Waals surface area (Å²) < 4.78 is 1.27. The summed E-state index contributed by atoms with van der Waals surface area (Å²) in [5, 5.41) is 3.61. The summed E-state index contributed by atoms with van der Waals surface area (Å²) >= 11 is 3.76. The van der Waals surface area contributed by atoms with E-state index in [0.29, 0.717) is 11.3 Å². The molecule has 3 rings (SSSR count). The number of rotatable bonds is 1. The van der Waals surface area contributed by atoms with Crippen LogP contribution in [-0.2, 0) is 0 Å². The van der Waals surface area contributed by atoms with E-state index in [4.69, 9.17) is 0 Å². The van der Waals surface area contributed by atoms with Gasteiger partial charge in [-0.1, -0.05) is 34.1 Å². The van der Waals surface area contributed by atoms with Crippen LogP contribution in [0.4, 0.5) is 0 Å². The molecule has 2 heterocycles. The van der Waals surface area contributed by atoms with Crippen molar-refractivity contribution in [2.24, 2.45) is 5.41 Å². The van der Waals surface area contributed by atoms with E-state index in [2.05, 4.69) is 57.5 Å². The molecule has 2 nitrogen and oxygen atoms in total. The summed E-state index contributed by atoms with van der Waals surface area (Å²) in [6, 6.07) is 8.78. The molecule has 0 radical (unpaired) electrons. The van der Waals surface area contributed by atoms with E-state index in [-0.39, 0.29) is 0 Å². The quantitative estimate of drug-likeness (QED) is 0.853. The molecule has 19 heavy (non-hydrogen) atoms. The Labute approximate surface area is 124 Å². The number of nitrogens with zero attached hydrogens (tertiary/aromatic N) is 1. The van der Waals surface area contributed by atoms with Gasteiger partial charge in [-0.05, 0) is 56.4 Å². The fourth-order valence-electron chi connectivity index (χ4n) is 4.06. The van der Waals surface area contributed by atoms with E-state index in [1.807, 2.05) is 0 Å². The lowest BCUT2D eigenvalue weighted by atomic mass is 9.64. The highest BCUT2D eigenvalue weighted by Crippen LogP contribution is 2.48. The van der Waals surface area contributed by atoms with Crippen molar-refractivity contribution in [1.29, 1.82) is 0 Å². The standard InChI is InChI=1S/C16H23BrN2/c1-19-10-4-7-16(12-19)8-9-18-11-14(16)13-5-2-3-6-15(13)17/h2-3,5-6,14,18H,4,7-12H2,1H3. The molecular formula is C16H23BrN2. The average Bonchev–Trinajstić information content (AvgIpc) is 2.40. The molecule has 104 valence electrons. The van der Waals surface area contributed by atoms with Gasteiger partial charge in [0.15, 0.2) is 0 Å². The third-order valence-electron chi connectivity index (χ3n) is 4.97. The lowest BCUT2D eigenvalue weighted by Gasteiger charge is -2.50. The minimum absolute atomic E-state index is 0.474. The van der Waals surface area contributed by atoms with Crippen molar-refractivity contribution >= 4 is 15.9 Å². The molecule has 2 unspecified atom stereocenters. The topological polar surface area (TPSA) is 15.3 Å². The predicted octanol–water partition coefficient (Wildman–Crippen LogP) is 3.24. The number of likely N-dealkylation sites (tertiary alicyclic amines) is 1. The van der Waals surface area contributed by atoms with Crippen molar-refractivity contribution in [1.82, 2.24) is 10.2 Å². The fraction of sp³-hybridized carbons (Fsp3) is 0.625. The van der Waals surface area contributed by atoms with Crippen LogP contribution in [0.5, 0.6) is 0 Å². The maximum atomic E-state index is 3.76. The Kier molecular flexibility index (Phi) is 3.97. The molecule has 0 bridgehead atoms. The second kappa shape index (κ2) is 5.55. The van der Waals surface area contributed by atoms with Gasteiger partial charge in [-0.3, -0.25) is 0 Å². The van der Waals surface area contributed by atoms with E-state index in [1.165, 1.54) is 48.9 Å². The summed E-state index contributed by atoms with van der Waals surface area (Å²) in [5.74, 6) is 0.638. The summed E-state index contributed by atoms with van der Waals surface area (Å²) in [4.78, 5) is 2.53. The monoisotopic (exact) mass is 322 g/mol. The average molecular weight is 323 g/mol. The van der Waals surface area contributed by atoms with Gasteiger partial charge in [-0.15, -0.1) is 0 Å². The van der Waals surface area contributed by atoms with E-state index in [1.54, 1.807) is 0 Å². The Morgan fingerprint density at radius 2 is 2.16 bits per heavy atom. The van der Waals surface area contributed by atoms with Crippen LogP contribution in [-0.4, -0.2) is 38.1 Å². The molecule has 0 amide bonds. The molecule has 2 aliphatic heterocycles. The van der Waals surface area contributed by atoms with Crippen LogP contribution in [0.2, 0.25) is 0 Å². The lowest BCUT2D eigenvalue weighted by Crippen LogP contribution is -2.52. The molecule has 1 aromatic carbocycles. The number of piperidine rings is 2. The Bertz CT molecular complexity index is 444. The zero-order valence-corrected chi connectivity index (χ0v) is 13.2. The summed E-state index contributed by atoms with van der Waals surface area (Å²) in [5.41, 5.74) is 1.97. The molecule has 0 aromatic heterocycles. The molecule has 2 atom stereocenters. The molecule has 2 saturated heterocycles. The smallest absolute Gasteiger partial charge is 0.0210 e. The second-order valence-corrected chi connectivity index (χ2v) is 7.09. The summed E-state index contributed by atoms with van der Waals surface area (Å²) in [6.07, 6.45) is 4.03. The summed E-state index contributed by atoms with van der Waals surface area (Å²) in [7, 11) is 2.28. The number of halogens is 1. The summed E-state index contributed by atoms with van der Waals surface area (Å²) in [6.45, 7) is 4.81. The third kappa shape index (κ3) is 2.61. The molecule has 1 spiro atoms. The van der Waals surface area contributed by atoms with Crippen LogP contribution in [0.1, 0.15) is 30.7 Å². The second-order valence-electron chi connectivity index (χ2n) is 6.23. The molecule has 2 fully saturated rings. The molecule has 1 N–H and O–H groups in total. The van der Waals surface area contributed by atoms with Gasteiger partial charge in [0.2, 0.25) is 0 Å². The maximum Gasteiger partial charge on any atom is 0.0210 e. The van der Waals surface area contributed by atoms with Crippen molar-refractivity contribution in [3.8, 4) is 0 Å². The largest absolute Gasteiger partial charge is 0.316 e. The van der Waals surface area contributed by atoms with Crippen molar-refractivity contribution in [2.75, 3.05) is 33.2 Å². The minimum Gasteiger partial charge on any atom is -0.316 e. The lowest BCUT2D eigenvalue weighted by molar-refractivity contribution is 0.0538. The number of benzene rings is 1. The van der Waals surface area contributed by atoms with Gasteiger partial charge in [-0.25, -0.2) is 0 Å². The minimum atomic E-state index is 0.474. The van der Waals surface area contributed by atoms with E-state index >= 15 is 0 Å². The van der Waals surface area contributed by atoms with E-state index in [0.717, 1.165) is 6.54 Å². The van der Waals surface area contributed by atoms with E-state index in [9.17, 15) is 0 Å². The first-order valence-corrected chi connectivity index (χ1v) is 8.14. The molecular weight excluding hydrogens is 300 g/mol. The highest BCUT2D eigenvalue weighted by Gasteiger charge is 2.43. The third-order valence-corrected chi connectivity index (χ3v) is 5.69. The van der Waals surface area contributed by atoms with Gasteiger partial charge in [0.05, 0.1) is 0 Å². The number of hydrogen-bond acceptors (Lipinski definition) is 2. The van der Waals surface area contributed by atoms with Gasteiger partial charge >= 0.3 is 0 Å². The first-order chi connectivity index (χ1) is 9.21. The van der Waals surface area contributed by atoms with Crippen LogP contribution in [0.15, 0.2) is 28.7 Å². The highest BCUT2D eigenvalue weighted by molar-refractivity contribution is 9.10. The van der Waals surface area contributed by atoms with Crippen molar-refractivity contribution in [3.05, 3.63) is 34.3 Å². The Morgan fingerprint density at radius 1 is 1.32 bits per heavy atom. The first-order valence-electron chi connectivity index (χ1n) is 7.35. The van der Waals surface area contributed by atoms with Gasteiger partial charge in [0, 0.05) is 23.5 Å². The van der Waals surface area contributed by atoms with Crippen molar-refractivity contribution in [2.45, 2.75) is 25.2 Å². The number of nitrogens with one attached hydrogen (secondary N) is 1. The fourth-order valence-corrected chi connectivity index (χ4v) is 4.62. The van der Waals surface area contributed by atoms with E-state index < -0.39 is 0 Å². The van der Waals surface area contributed by atoms with Gasteiger partial charge in [0.25, 0.3) is 0 Å². The molecule has 0 saturated carbocycles. The molecule has 0 aliphatic carbocycles. The van der Waals surface area contributed by atoms with Crippen LogP contribution >= 0.6 is 15.9 Å². The Balaban J connectivity index is 1.95. The highest BCUT2D eigenvalue weighted by atomic mass is 79.9. The molecule has 3 heteroatoms. The van der Waals surface area contributed by atoms with Gasteiger partial charge in [-0.2, -0.15) is 0 Å². The molecule has 2 aliphatic rings. The van der Waals surface area contributed by atoms with Crippen LogP contribution < -0.4 is 5.32 Å². The van der Waals surface area contributed by atoms with Crippen LogP contribution in [0.25, 0.3) is 0 Å². The van der Waals surface area contributed by atoms with Crippen molar-refractivity contribution in [3.63, 3.8) is 0 Å². The van der Waals surface area contributed by atoms with Gasteiger partial charge in [0.1, 0.15) is 0 Å². The SMILES string of the molecule is CN1CCCC2(CCNCC2c2ccccc2Br)C1. The van der Waals surface area contributed by atoms with Crippen LogP contribution in [0.3, 0.4) is 0 Å². The number of hydrogen-bond donors (Lipinski definition) is 1. The normalized spacial score (nSPS) is 32.6.